The fraction of sp³-hybridized carbons (Fsp3) is 0.250. The van der Waals surface area contributed by atoms with Crippen LogP contribution in [0.2, 0.25) is 0 Å². The van der Waals surface area contributed by atoms with Gasteiger partial charge in [0.15, 0.2) is 5.03 Å². The first-order valence-corrected chi connectivity index (χ1v) is 8.79. The second kappa shape index (κ2) is 8.02. The summed E-state index contributed by atoms with van der Waals surface area (Å²) in [6, 6.07) is 12.5. The quantitative estimate of drug-likeness (QED) is 0.810. The van der Waals surface area contributed by atoms with Gasteiger partial charge in [-0.1, -0.05) is 36.4 Å². The van der Waals surface area contributed by atoms with Crippen LogP contribution in [0.25, 0.3) is 0 Å². The van der Waals surface area contributed by atoms with Gasteiger partial charge in [0.1, 0.15) is 6.61 Å². The number of carbonyl (C=O) groups is 1. The minimum absolute atomic E-state index is 0.0186. The predicted molar refractivity (Wildman–Crippen MR) is 85.6 cm³/mol. The van der Waals surface area contributed by atoms with Gasteiger partial charge in [0.2, 0.25) is 0 Å². The maximum Gasteiger partial charge on any atom is 0.407 e. The zero-order valence-corrected chi connectivity index (χ0v) is 13.9. The largest absolute Gasteiger partial charge is 0.445 e. The van der Waals surface area contributed by atoms with E-state index in [4.69, 9.17) is 4.74 Å². The van der Waals surface area contributed by atoms with Crippen molar-refractivity contribution < 1.29 is 26.7 Å². The first-order valence-electron chi connectivity index (χ1n) is 7.31. The van der Waals surface area contributed by atoms with Crippen molar-refractivity contribution in [3.63, 3.8) is 0 Å². The Balaban J connectivity index is 1.84. The number of sulfone groups is 1. The van der Waals surface area contributed by atoms with E-state index in [0.29, 0.717) is 0 Å². The fourth-order valence-corrected chi connectivity index (χ4v) is 3.01. The zero-order chi connectivity index (χ0) is 18.3. The average Bonchev–Trinajstić information content (AvgIpc) is 2.61. The molecule has 0 radical (unpaired) electrons. The number of alkyl carbamates (subject to hydrolysis) is 1. The summed E-state index contributed by atoms with van der Waals surface area (Å²) in [7, 11) is -4.93. The normalized spacial score (nSPS) is 11.8. The number of aromatic nitrogens is 1. The van der Waals surface area contributed by atoms with Crippen molar-refractivity contribution in [1.29, 1.82) is 0 Å². The monoisotopic (exact) mass is 370 g/mol. The number of nitrogens with one attached hydrogen (secondary N) is 1. The average molecular weight is 370 g/mol. The first-order chi connectivity index (χ1) is 11.8. The van der Waals surface area contributed by atoms with Crippen LogP contribution >= 0.6 is 0 Å². The molecular formula is C16H16F2N2O4S. The lowest BCUT2D eigenvalue weighted by Gasteiger charge is -2.16. The molecule has 0 aliphatic rings. The van der Waals surface area contributed by atoms with E-state index in [2.05, 4.69) is 10.3 Å². The topological polar surface area (TPSA) is 85.4 Å². The van der Waals surface area contributed by atoms with Crippen LogP contribution in [0, 0.1) is 0 Å². The SMILES string of the molecule is O=C(NCCC(F)(F)S(=O)(=O)c1ccccn1)OCc1ccccc1. The lowest BCUT2D eigenvalue weighted by atomic mass is 10.2. The number of amides is 1. The third-order valence-electron chi connectivity index (χ3n) is 3.20. The standard InChI is InChI=1S/C16H16F2N2O4S/c17-16(18,25(22,23)14-8-4-5-10-19-14)9-11-20-15(21)24-12-13-6-2-1-3-7-13/h1-8,10H,9,11-12H2,(H,20,21). The van der Waals surface area contributed by atoms with Crippen molar-refractivity contribution in [2.45, 2.75) is 23.3 Å². The molecule has 0 spiro atoms. The van der Waals surface area contributed by atoms with Crippen LogP contribution in [0.5, 0.6) is 0 Å². The first kappa shape index (κ1) is 18.8. The van der Waals surface area contributed by atoms with E-state index >= 15 is 0 Å². The highest BCUT2D eigenvalue weighted by Gasteiger charge is 2.46. The summed E-state index contributed by atoms with van der Waals surface area (Å²) >= 11 is 0. The number of ether oxygens (including phenoxy) is 1. The smallest absolute Gasteiger partial charge is 0.407 e. The number of benzene rings is 1. The van der Waals surface area contributed by atoms with E-state index < -0.39 is 39.2 Å². The Hall–Kier alpha value is -2.55. The number of carbonyl (C=O) groups excluding carboxylic acids is 1. The third kappa shape index (κ3) is 4.96. The van der Waals surface area contributed by atoms with E-state index in [9.17, 15) is 22.0 Å². The van der Waals surface area contributed by atoms with Gasteiger partial charge in [0, 0.05) is 19.2 Å². The van der Waals surface area contributed by atoms with Gasteiger partial charge in [-0.2, -0.15) is 8.78 Å². The van der Waals surface area contributed by atoms with E-state index in [-0.39, 0.29) is 6.61 Å². The Morgan fingerprint density at radius 2 is 1.80 bits per heavy atom. The van der Waals surface area contributed by atoms with Gasteiger partial charge in [0.05, 0.1) is 0 Å². The number of hydrogen-bond acceptors (Lipinski definition) is 5. The molecule has 134 valence electrons. The molecular weight excluding hydrogens is 354 g/mol. The number of pyridine rings is 1. The van der Waals surface area contributed by atoms with Crippen LogP contribution in [0.15, 0.2) is 59.8 Å². The third-order valence-corrected chi connectivity index (χ3v) is 4.99. The van der Waals surface area contributed by atoms with Crippen molar-refractivity contribution in [3.05, 3.63) is 60.3 Å². The fourth-order valence-electron chi connectivity index (χ4n) is 1.88. The Labute approximate surface area is 143 Å². The van der Waals surface area contributed by atoms with Crippen molar-refractivity contribution in [1.82, 2.24) is 10.3 Å². The van der Waals surface area contributed by atoms with Crippen molar-refractivity contribution in [2.75, 3.05) is 6.54 Å². The van der Waals surface area contributed by atoms with Gasteiger partial charge in [-0.25, -0.2) is 18.2 Å². The van der Waals surface area contributed by atoms with Gasteiger partial charge >= 0.3 is 11.3 Å². The summed E-state index contributed by atoms with van der Waals surface area (Å²) in [6.07, 6.45) is -0.885. The molecule has 1 heterocycles. The second-order valence-electron chi connectivity index (χ2n) is 5.05. The highest BCUT2D eigenvalue weighted by Crippen LogP contribution is 2.30. The molecule has 6 nitrogen and oxygen atoms in total. The highest BCUT2D eigenvalue weighted by molar-refractivity contribution is 7.92. The Morgan fingerprint density at radius 3 is 2.44 bits per heavy atom. The highest BCUT2D eigenvalue weighted by atomic mass is 32.2. The van der Waals surface area contributed by atoms with E-state index in [1.807, 2.05) is 0 Å². The molecule has 0 saturated carbocycles. The number of alkyl halides is 2. The summed E-state index contributed by atoms with van der Waals surface area (Å²) < 4.78 is 56.6. The molecule has 0 fully saturated rings. The summed E-state index contributed by atoms with van der Waals surface area (Å²) in [5.41, 5.74) is 0.737. The molecule has 1 N–H and O–H groups in total. The second-order valence-corrected chi connectivity index (χ2v) is 7.07. The predicted octanol–water partition coefficient (Wildman–Crippen LogP) is 2.76. The lowest BCUT2D eigenvalue weighted by molar-refractivity contribution is 0.0799. The molecule has 0 saturated heterocycles. The van der Waals surface area contributed by atoms with Gasteiger partial charge in [0.25, 0.3) is 9.84 Å². The van der Waals surface area contributed by atoms with Crippen molar-refractivity contribution in [2.24, 2.45) is 0 Å². The molecule has 2 aromatic rings. The van der Waals surface area contributed by atoms with E-state index in [1.165, 1.54) is 12.1 Å². The van der Waals surface area contributed by atoms with Crippen molar-refractivity contribution in [3.8, 4) is 0 Å². The lowest BCUT2D eigenvalue weighted by Crippen LogP contribution is -2.35. The summed E-state index contributed by atoms with van der Waals surface area (Å²) in [6.45, 7) is -0.581. The molecule has 0 bridgehead atoms. The number of nitrogens with zero attached hydrogens (tertiary/aromatic N) is 1. The summed E-state index contributed by atoms with van der Waals surface area (Å²) in [5.74, 6) is 0. The van der Waals surface area contributed by atoms with Gasteiger partial charge in [-0.05, 0) is 17.7 Å². The number of rotatable bonds is 7. The zero-order valence-electron chi connectivity index (χ0n) is 13.1. The minimum atomic E-state index is -4.93. The Kier molecular flexibility index (Phi) is 6.02. The van der Waals surface area contributed by atoms with Gasteiger partial charge in [-0.3, -0.25) is 0 Å². The van der Waals surface area contributed by atoms with E-state index in [0.717, 1.165) is 17.8 Å². The minimum Gasteiger partial charge on any atom is -0.445 e. The molecule has 0 aliphatic heterocycles. The number of hydrogen-bond donors (Lipinski definition) is 1. The molecule has 1 aromatic carbocycles. The molecule has 2 rings (SSSR count). The molecule has 0 aliphatic carbocycles. The molecule has 0 unspecified atom stereocenters. The molecule has 0 atom stereocenters. The van der Waals surface area contributed by atoms with Crippen LogP contribution in [0.1, 0.15) is 12.0 Å². The Bertz CT molecular complexity index is 799. The maximum atomic E-state index is 14.0. The van der Waals surface area contributed by atoms with Crippen LogP contribution in [0.3, 0.4) is 0 Å². The maximum absolute atomic E-state index is 14.0. The van der Waals surface area contributed by atoms with Crippen LogP contribution in [-0.2, 0) is 21.2 Å². The molecule has 1 amide bonds. The number of halogens is 2. The van der Waals surface area contributed by atoms with E-state index in [1.54, 1.807) is 30.3 Å². The van der Waals surface area contributed by atoms with Crippen molar-refractivity contribution >= 4 is 15.9 Å². The summed E-state index contributed by atoms with van der Waals surface area (Å²) in [5, 5.41) is -2.67. The molecule has 1 aromatic heterocycles. The van der Waals surface area contributed by atoms with Crippen LogP contribution in [0.4, 0.5) is 13.6 Å². The molecule has 25 heavy (non-hydrogen) atoms. The summed E-state index contributed by atoms with van der Waals surface area (Å²) in [4.78, 5) is 14.9. The van der Waals surface area contributed by atoms with Gasteiger partial charge < -0.3 is 10.1 Å². The van der Waals surface area contributed by atoms with Crippen LogP contribution < -0.4 is 5.32 Å². The Morgan fingerprint density at radius 1 is 1.12 bits per heavy atom. The van der Waals surface area contributed by atoms with Crippen LogP contribution in [-0.4, -0.2) is 31.3 Å². The van der Waals surface area contributed by atoms with Gasteiger partial charge in [-0.15, -0.1) is 0 Å². The molecule has 9 heteroatoms.